The van der Waals surface area contributed by atoms with Crippen molar-refractivity contribution in [1.29, 1.82) is 0 Å². The van der Waals surface area contributed by atoms with E-state index in [1.165, 1.54) is 0 Å². The molecule has 4 nitrogen and oxygen atoms in total. The summed E-state index contributed by atoms with van der Waals surface area (Å²) in [5, 5.41) is 9.60. The molecule has 0 fully saturated rings. The van der Waals surface area contributed by atoms with Gasteiger partial charge in [0.1, 0.15) is 5.69 Å². The summed E-state index contributed by atoms with van der Waals surface area (Å²) >= 11 is 9.52. The molecule has 0 bridgehead atoms. The van der Waals surface area contributed by atoms with Gasteiger partial charge in [0.25, 0.3) is 0 Å². The minimum atomic E-state index is 0.687. The smallest absolute Gasteiger partial charge is 0.187 e. The Bertz CT molecular complexity index is 1360. The lowest BCUT2D eigenvalue weighted by Crippen LogP contribution is -1.97. The molecule has 5 rings (SSSR count). The standard InChI is InChI=1S/C23H14BrClN4/c24-17-10-5-15(6-11-17)7-14-20-23-28-27-22(16-8-12-18(25)13-9-16)29(23)21-4-2-1-3-19(21)26-20/h1-14H/b14-7+. The topological polar surface area (TPSA) is 43.1 Å². The predicted molar refractivity (Wildman–Crippen MR) is 122 cm³/mol. The second kappa shape index (κ2) is 7.43. The van der Waals surface area contributed by atoms with Gasteiger partial charge in [0.15, 0.2) is 11.5 Å². The molecule has 3 aromatic carbocycles. The molecule has 2 aromatic heterocycles. The fourth-order valence-corrected chi connectivity index (χ4v) is 3.64. The van der Waals surface area contributed by atoms with Crippen LogP contribution in [0, 0.1) is 0 Å². The first kappa shape index (κ1) is 18.0. The average molecular weight is 462 g/mol. The van der Waals surface area contributed by atoms with Crippen LogP contribution < -0.4 is 0 Å². The Kier molecular flexibility index (Phi) is 4.62. The number of fused-ring (bicyclic) bond motifs is 3. The van der Waals surface area contributed by atoms with E-state index in [2.05, 4.69) is 26.1 Å². The highest BCUT2D eigenvalue weighted by atomic mass is 79.9. The molecule has 0 atom stereocenters. The zero-order valence-corrected chi connectivity index (χ0v) is 17.5. The summed E-state index contributed by atoms with van der Waals surface area (Å²) in [7, 11) is 0. The van der Waals surface area contributed by atoms with Crippen LogP contribution in [0.25, 0.3) is 40.2 Å². The summed E-state index contributed by atoms with van der Waals surface area (Å²) in [4.78, 5) is 4.82. The third-order valence-electron chi connectivity index (χ3n) is 4.66. The number of benzene rings is 3. The normalized spacial score (nSPS) is 11.7. The van der Waals surface area contributed by atoms with Crippen LogP contribution in [0.1, 0.15) is 11.3 Å². The van der Waals surface area contributed by atoms with Crippen molar-refractivity contribution in [3.8, 4) is 11.4 Å². The molecule has 0 aliphatic rings. The number of halogens is 2. The van der Waals surface area contributed by atoms with Gasteiger partial charge in [0.05, 0.1) is 11.0 Å². The Balaban J connectivity index is 1.72. The van der Waals surface area contributed by atoms with Crippen molar-refractivity contribution in [2.24, 2.45) is 0 Å². The van der Waals surface area contributed by atoms with Gasteiger partial charge in [-0.15, -0.1) is 10.2 Å². The average Bonchev–Trinajstić information content (AvgIpc) is 3.19. The molecule has 0 spiro atoms. The molecule has 0 aliphatic carbocycles. The minimum Gasteiger partial charge on any atom is -0.271 e. The van der Waals surface area contributed by atoms with Gasteiger partial charge in [0, 0.05) is 15.1 Å². The van der Waals surface area contributed by atoms with Crippen molar-refractivity contribution >= 4 is 56.4 Å². The fourth-order valence-electron chi connectivity index (χ4n) is 3.25. The Morgan fingerprint density at radius 2 is 1.59 bits per heavy atom. The summed E-state index contributed by atoms with van der Waals surface area (Å²) in [6, 6.07) is 23.7. The van der Waals surface area contributed by atoms with Crippen molar-refractivity contribution in [3.63, 3.8) is 0 Å². The zero-order chi connectivity index (χ0) is 19.8. The highest BCUT2D eigenvalue weighted by Crippen LogP contribution is 2.26. The molecule has 0 amide bonds. The van der Waals surface area contributed by atoms with Gasteiger partial charge in [-0.05, 0) is 60.2 Å². The van der Waals surface area contributed by atoms with Crippen LogP contribution in [0.5, 0.6) is 0 Å². The molecule has 5 aromatic rings. The van der Waals surface area contributed by atoms with E-state index < -0.39 is 0 Å². The number of hydrogen-bond donors (Lipinski definition) is 0. The Labute approximate surface area is 180 Å². The van der Waals surface area contributed by atoms with Gasteiger partial charge in [-0.3, -0.25) is 4.40 Å². The SMILES string of the molecule is Clc1ccc(-c2nnc3c(/C=C/c4ccc(Br)cc4)nc4ccccc4n23)cc1. The van der Waals surface area contributed by atoms with Gasteiger partial charge in [-0.1, -0.05) is 57.9 Å². The molecular formula is C23H14BrClN4. The minimum absolute atomic E-state index is 0.687. The fraction of sp³-hybridized carbons (Fsp3) is 0. The predicted octanol–water partition coefficient (Wildman–Crippen LogP) is 6.53. The molecule has 2 heterocycles. The highest BCUT2D eigenvalue weighted by molar-refractivity contribution is 9.10. The molecule has 0 aliphatic heterocycles. The molecule has 0 radical (unpaired) electrons. The number of nitrogens with zero attached hydrogens (tertiary/aromatic N) is 4. The summed E-state index contributed by atoms with van der Waals surface area (Å²) in [5.41, 5.74) is 5.34. The third kappa shape index (κ3) is 3.43. The van der Waals surface area contributed by atoms with Gasteiger partial charge < -0.3 is 0 Å². The van der Waals surface area contributed by atoms with E-state index in [1.54, 1.807) is 0 Å². The highest BCUT2D eigenvalue weighted by Gasteiger charge is 2.15. The second-order valence-electron chi connectivity index (χ2n) is 6.56. The van der Waals surface area contributed by atoms with Crippen molar-refractivity contribution in [3.05, 3.63) is 93.5 Å². The number of hydrogen-bond acceptors (Lipinski definition) is 3. The van der Waals surface area contributed by atoms with E-state index in [0.717, 1.165) is 38.2 Å². The van der Waals surface area contributed by atoms with Crippen LogP contribution in [0.15, 0.2) is 77.3 Å². The summed E-state index contributed by atoms with van der Waals surface area (Å²) in [6.45, 7) is 0. The largest absolute Gasteiger partial charge is 0.271 e. The zero-order valence-electron chi connectivity index (χ0n) is 15.1. The monoisotopic (exact) mass is 460 g/mol. The van der Waals surface area contributed by atoms with Crippen LogP contribution in [0.3, 0.4) is 0 Å². The van der Waals surface area contributed by atoms with Crippen LogP contribution in [-0.4, -0.2) is 19.6 Å². The molecule has 0 saturated heterocycles. The van der Waals surface area contributed by atoms with E-state index >= 15 is 0 Å². The van der Waals surface area contributed by atoms with Gasteiger partial charge in [-0.2, -0.15) is 0 Å². The molecule has 0 saturated carbocycles. The van der Waals surface area contributed by atoms with Gasteiger partial charge >= 0.3 is 0 Å². The van der Waals surface area contributed by atoms with E-state index in [9.17, 15) is 0 Å². The van der Waals surface area contributed by atoms with E-state index in [0.29, 0.717) is 10.7 Å². The molecule has 140 valence electrons. The van der Waals surface area contributed by atoms with E-state index in [1.807, 2.05) is 89.3 Å². The number of para-hydroxylation sites is 2. The van der Waals surface area contributed by atoms with Crippen molar-refractivity contribution in [2.75, 3.05) is 0 Å². The van der Waals surface area contributed by atoms with Crippen LogP contribution in [-0.2, 0) is 0 Å². The summed E-state index contributed by atoms with van der Waals surface area (Å²) < 4.78 is 3.10. The van der Waals surface area contributed by atoms with Crippen molar-refractivity contribution < 1.29 is 0 Å². The van der Waals surface area contributed by atoms with Gasteiger partial charge in [0.2, 0.25) is 0 Å². The first-order valence-electron chi connectivity index (χ1n) is 9.02. The van der Waals surface area contributed by atoms with Gasteiger partial charge in [-0.25, -0.2) is 4.98 Å². The van der Waals surface area contributed by atoms with E-state index in [-0.39, 0.29) is 0 Å². The first-order chi connectivity index (χ1) is 14.2. The maximum atomic E-state index is 6.06. The van der Waals surface area contributed by atoms with E-state index in [4.69, 9.17) is 16.6 Å². The van der Waals surface area contributed by atoms with Crippen molar-refractivity contribution in [2.45, 2.75) is 0 Å². The maximum Gasteiger partial charge on any atom is 0.187 e. The second-order valence-corrected chi connectivity index (χ2v) is 7.91. The molecular weight excluding hydrogens is 448 g/mol. The molecule has 29 heavy (non-hydrogen) atoms. The third-order valence-corrected chi connectivity index (χ3v) is 5.44. The number of rotatable bonds is 3. The molecule has 0 N–H and O–H groups in total. The lowest BCUT2D eigenvalue weighted by molar-refractivity contribution is 1.11. The summed E-state index contributed by atoms with van der Waals surface area (Å²) in [5.74, 6) is 0.758. The Morgan fingerprint density at radius 3 is 2.38 bits per heavy atom. The van der Waals surface area contributed by atoms with Crippen LogP contribution >= 0.6 is 27.5 Å². The van der Waals surface area contributed by atoms with Crippen molar-refractivity contribution in [1.82, 2.24) is 19.6 Å². The van der Waals surface area contributed by atoms with Crippen LogP contribution in [0.4, 0.5) is 0 Å². The molecule has 0 unspecified atom stereocenters. The number of aromatic nitrogens is 4. The summed E-state index contributed by atoms with van der Waals surface area (Å²) in [6.07, 6.45) is 4.01. The molecule has 6 heteroatoms. The Morgan fingerprint density at radius 1 is 0.828 bits per heavy atom. The quantitative estimate of drug-likeness (QED) is 0.307. The first-order valence-corrected chi connectivity index (χ1v) is 10.2. The van der Waals surface area contributed by atoms with Crippen LogP contribution in [0.2, 0.25) is 5.02 Å². The maximum absolute atomic E-state index is 6.06. The lowest BCUT2D eigenvalue weighted by atomic mass is 10.2. The Hall–Kier alpha value is -3.02. The lowest BCUT2D eigenvalue weighted by Gasteiger charge is -2.07.